The van der Waals surface area contributed by atoms with Gasteiger partial charge in [0, 0.05) is 10.5 Å². The fourth-order valence-electron chi connectivity index (χ4n) is 0.498. The number of nitrogens with two attached hydrogens (primary N) is 2. The third-order valence-electron chi connectivity index (χ3n) is 0.970. The van der Waals surface area contributed by atoms with Gasteiger partial charge in [0.05, 0.1) is 11.4 Å². The van der Waals surface area contributed by atoms with Crippen LogP contribution in [0.5, 0.6) is 0 Å². The zero-order chi connectivity index (χ0) is 6.85. The summed E-state index contributed by atoms with van der Waals surface area (Å²) >= 11 is 3.23. The molecule has 1 radical (unpaired) electrons. The van der Waals surface area contributed by atoms with Gasteiger partial charge in [-0.2, -0.15) is 0 Å². The largest absolute Gasteiger partial charge is 0.397 e. The topological polar surface area (TPSA) is 52.0 Å². The van der Waals surface area contributed by atoms with E-state index in [-0.39, 0.29) is 0 Å². The summed E-state index contributed by atoms with van der Waals surface area (Å²) in [5.74, 6) is 0. The highest BCUT2D eigenvalue weighted by atomic mass is 79.9. The first-order valence-electron chi connectivity index (χ1n) is 2.42. The predicted molar refractivity (Wildman–Crippen MR) is 41.8 cm³/mol. The second kappa shape index (κ2) is 2.27. The Morgan fingerprint density at radius 1 is 1.44 bits per heavy atom. The molecule has 3 heteroatoms. The van der Waals surface area contributed by atoms with Crippen LogP contribution in [0.3, 0.4) is 0 Å². The second-order valence-electron chi connectivity index (χ2n) is 1.69. The van der Waals surface area contributed by atoms with E-state index in [0.29, 0.717) is 11.4 Å². The first-order valence-corrected chi connectivity index (χ1v) is 3.21. The van der Waals surface area contributed by atoms with E-state index >= 15 is 0 Å². The Labute approximate surface area is 62.0 Å². The third kappa shape index (κ3) is 1.36. The van der Waals surface area contributed by atoms with Crippen molar-refractivity contribution < 1.29 is 0 Å². The Kier molecular flexibility index (Phi) is 1.62. The second-order valence-corrected chi connectivity index (χ2v) is 2.60. The van der Waals surface area contributed by atoms with Crippen molar-refractivity contribution in [1.82, 2.24) is 0 Å². The molecule has 1 aromatic rings. The molecular weight excluding hydrogens is 180 g/mol. The maximum atomic E-state index is 5.43. The van der Waals surface area contributed by atoms with Crippen LogP contribution in [0.2, 0.25) is 0 Å². The zero-order valence-electron chi connectivity index (χ0n) is 4.69. The van der Waals surface area contributed by atoms with E-state index in [1.165, 1.54) is 0 Å². The monoisotopic (exact) mass is 185 g/mol. The number of nitrogen functional groups attached to an aromatic ring is 2. The molecule has 0 unspecified atom stereocenters. The van der Waals surface area contributed by atoms with Crippen molar-refractivity contribution in [1.29, 1.82) is 0 Å². The Balaban J connectivity index is 3.17. The number of hydrogen-bond donors (Lipinski definition) is 2. The average molecular weight is 186 g/mol. The zero-order valence-corrected chi connectivity index (χ0v) is 6.27. The standard InChI is InChI=1S/C6H6BrN2/c7-4-1-2-5(8)6(9)3-4/h1,3H,8-9H2. The minimum atomic E-state index is 0.498. The van der Waals surface area contributed by atoms with Gasteiger partial charge < -0.3 is 11.5 Å². The number of halogens is 1. The normalized spacial score (nSPS) is 9.44. The Hall–Kier alpha value is -0.700. The van der Waals surface area contributed by atoms with Crippen LogP contribution < -0.4 is 11.5 Å². The van der Waals surface area contributed by atoms with Crippen LogP contribution in [0.4, 0.5) is 11.4 Å². The number of benzene rings is 1. The molecule has 0 bridgehead atoms. The summed E-state index contributed by atoms with van der Waals surface area (Å²) in [7, 11) is 0. The molecule has 0 saturated carbocycles. The van der Waals surface area contributed by atoms with Gasteiger partial charge in [0.1, 0.15) is 0 Å². The van der Waals surface area contributed by atoms with Gasteiger partial charge in [0.25, 0.3) is 0 Å². The lowest BCUT2D eigenvalue weighted by atomic mass is 10.3. The molecule has 0 atom stereocenters. The van der Waals surface area contributed by atoms with Crippen molar-refractivity contribution in [3.63, 3.8) is 0 Å². The lowest BCUT2D eigenvalue weighted by molar-refractivity contribution is 1.61. The molecule has 0 aliphatic heterocycles. The van der Waals surface area contributed by atoms with Crippen molar-refractivity contribution in [2.45, 2.75) is 0 Å². The van der Waals surface area contributed by atoms with Crippen LogP contribution in [-0.4, -0.2) is 0 Å². The van der Waals surface area contributed by atoms with Gasteiger partial charge >= 0.3 is 0 Å². The molecule has 1 aromatic carbocycles. The molecule has 2 nitrogen and oxygen atoms in total. The van der Waals surface area contributed by atoms with Gasteiger partial charge in [0.2, 0.25) is 0 Å². The molecule has 0 aliphatic carbocycles. The minimum Gasteiger partial charge on any atom is -0.397 e. The van der Waals surface area contributed by atoms with Crippen molar-refractivity contribution in [2.75, 3.05) is 11.5 Å². The van der Waals surface area contributed by atoms with Crippen molar-refractivity contribution in [3.8, 4) is 0 Å². The molecule has 0 fully saturated rings. The van der Waals surface area contributed by atoms with Crippen LogP contribution in [-0.2, 0) is 0 Å². The van der Waals surface area contributed by atoms with Gasteiger partial charge in [-0.25, -0.2) is 0 Å². The highest BCUT2D eigenvalue weighted by Gasteiger charge is 1.92. The summed E-state index contributed by atoms with van der Waals surface area (Å²) in [6.07, 6.45) is 0. The first-order chi connectivity index (χ1) is 4.20. The van der Waals surface area contributed by atoms with E-state index in [9.17, 15) is 0 Å². The molecule has 0 aliphatic rings. The molecule has 0 heterocycles. The van der Waals surface area contributed by atoms with Gasteiger partial charge in [-0.1, -0.05) is 15.9 Å². The maximum absolute atomic E-state index is 5.43. The highest BCUT2D eigenvalue weighted by molar-refractivity contribution is 9.10. The molecule has 0 aromatic heterocycles. The Bertz CT molecular complexity index is 222. The summed E-state index contributed by atoms with van der Waals surface area (Å²) in [5.41, 5.74) is 11.9. The highest BCUT2D eigenvalue weighted by Crippen LogP contribution is 2.18. The van der Waals surface area contributed by atoms with E-state index in [0.717, 1.165) is 4.47 Å². The fourth-order valence-corrected chi connectivity index (χ4v) is 0.859. The number of hydrogen-bond acceptors (Lipinski definition) is 2. The Morgan fingerprint density at radius 2 is 2.11 bits per heavy atom. The van der Waals surface area contributed by atoms with Gasteiger partial charge in [-0.15, -0.1) is 0 Å². The molecule has 4 N–H and O–H groups in total. The molecule has 0 amide bonds. The van der Waals surface area contributed by atoms with Gasteiger partial charge in [-0.3, -0.25) is 0 Å². The van der Waals surface area contributed by atoms with Crippen LogP contribution in [0.25, 0.3) is 0 Å². The summed E-state index contributed by atoms with van der Waals surface area (Å²) in [6.45, 7) is 0. The van der Waals surface area contributed by atoms with Gasteiger partial charge in [0.15, 0.2) is 0 Å². The quantitative estimate of drug-likeness (QED) is 0.602. The number of anilines is 2. The van der Waals surface area contributed by atoms with Crippen LogP contribution in [0.15, 0.2) is 16.6 Å². The smallest absolute Gasteiger partial charge is 0.0629 e. The molecule has 1 rings (SSSR count). The first kappa shape index (κ1) is 6.42. The summed E-state index contributed by atoms with van der Waals surface area (Å²) in [6, 6.07) is 6.24. The predicted octanol–water partition coefficient (Wildman–Crippen LogP) is 1.41. The molecule has 47 valence electrons. The average Bonchev–Trinajstić information content (AvgIpc) is 1.80. The van der Waals surface area contributed by atoms with Crippen molar-refractivity contribution >= 4 is 27.3 Å². The van der Waals surface area contributed by atoms with E-state index in [4.69, 9.17) is 11.5 Å². The Morgan fingerprint density at radius 3 is 2.56 bits per heavy atom. The minimum absolute atomic E-state index is 0.498. The summed E-state index contributed by atoms with van der Waals surface area (Å²) < 4.78 is 0.897. The molecule has 0 spiro atoms. The molecule has 0 saturated heterocycles. The SMILES string of the molecule is Nc1[c]cc(Br)cc1N. The van der Waals surface area contributed by atoms with Crippen molar-refractivity contribution in [3.05, 3.63) is 22.7 Å². The van der Waals surface area contributed by atoms with E-state index < -0.39 is 0 Å². The van der Waals surface area contributed by atoms with Crippen molar-refractivity contribution in [2.24, 2.45) is 0 Å². The lowest BCUT2D eigenvalue weighted by Crippen LogP contribution is -1.93. The summed E-state index contributed by atoms with van der Waals surface area (Å²) in [5, 5.41) is 0. The van der Waals surface area contributed by atoms with Crippen LogP contribution >= 0.6 is 15.9 Å². The molecule has 9 heavy (non-hydrogen) atoms. The molecular formula is C6H6BrN2. The lowest BCUT2D eigenvalue weighted by Gasteiger charge is -1.96. The van der Waals surface area contributed by atoms with Crippen LogP contribution in [0.1, 0.15) is 0 Å². The fraction of sp³-hybridized carbons (Fsp3) is 0. The summed E-state index contributed by atoms with van der Waals surface area (Å²) in [4.78, 5) is 0. The van der Waals surface area contributed by atoms with E-state index in [1.807, 2.05) is 0 Å². The number of rotatable bonds is 0. The maximum Gasteiger partial charge on any atom is 0.0629 e. The van der Waals surface area contributed by atoms with E-state index in [1.54, 1.807) is 12.1 Å². The van der Waals surface area contributed by atoms with E-state index in [2.05, 4.69) is 22.0 Å². The van der Waals surface area contributed by atoms with Gasteiger partial charge in [-0.05, 0) is 12.1 Å². The van der Waals surface area contributed by atoms with Crippen LogP contribution in [0, 0.1) is 6.07 Å². The third-order valence-corrected chi connectivity index (χ3v) is 1.43.